The van der Waals surface area contributed by atoms with Crippen molar-refractivity contribution < 1.29 is 24.6 Å². The Bertz CT molecular complexity index is 240. The Morgan fingerprint density at radius 1 is 1.29 bits per heavy atom. The van der Waals surface area contributed by atoms with Crippen LogP contribution in [0, 0.1) is 0 Å². The fourth-order valence-electron chi connectivity index (χ4n) is 0.801. The van der Waals surface area contributed by atoms with E-state index in [9.17, 15) is 14.4 Å². The average molecular weight is 204 g/mol. The number of aliphatic carboxylic acids is 2. The zero-order valence-electron chi connectivity index (χ0n) is 7.40. The van der Waals surface area contributed by atoms with Crippen LogP contribution in [0.15, 0.2) is 0 Å². The zero-order valence-corrected chi connectivity index (χ0v) is 7.40. The van der Waals surface area contributed by atoms with Crippen molar-refractivity contribution >= 4 is 17.8 Å². The van der Waals surface area contributed by atoms with Crippen LogP contribution in [-0.4, -0.2) is 40.6 Å². The molecule has 1 amide bonds. The van der Waals surface area contributed by atoms with Gasteiger partial charge >= 0.3 is 11.9 Å². The Morgan fingerprint density at radius 3 is 2.21 bits per heavy atom. The first kappa shape index (κ1) is 12.4. The van der Waals surface area contributed by atoms with Gasteiger partial charge in [0.25, 0.3) is 0 Å². The zero-order chi connectivity index (χ0) is 11.1. The molecule has 0 heterocycles. The number of primary amides is 1. The predicted octanol–water partition coefficient (Wildman–Crippen LogP) is -1.62. The number of carboxylic acid groups (broad SMARTS) is 2. The second-order valence-electron chi connectivity index (χ2n) is 2.66. The van der Waals surface area contributed by atoms with Gasteiger partial charge in [-0.25, -0.2) is 0 Å². The highest BCUT2D eigenvalue weighted by molar-refractivity contribution is 5.83. The second-order valence-corrected chi connectivity index (χ2v) is 2.66. The summed E-state index contributed by atoms with van der Waals surface area (Å²) in [5.74, 6) is -3.02. The van der Waals surface area contributed by atoms with Gasteiger partial charge in [-0.05, 0) is 0 Å². The first-order valence-corrected chi connectivity index (χ1v) is 3.89. The summed E-state index contributed by atoms with van der Waals surface area (Å²) in [6.07, 6.45) is -0.558. The summed E-state index contributed by atoms with van der Waals surface area (Å²) in [7, 11) is 0. The van der Waals surface area contributed by atoms with Gasteiger partial charge in [-0.2, -0.15) is 0 Å². The van der Waals surface area contributed by atoms with Crippen molar-refractivity contribution in [3.8, 4) is 0 Å². The molecule has 0 radical (unpaired) electrons. The summed E-state index contributed by atoms with van der Waals surface area (Å²) in [4.78, 5) is 31.0. The van der Waals surface area contributed by atoms with Gasteiger partial charge in [-0.15, -0.1) is 0 Å². The molecule has 0 aromatic carbocycles. The van der Waals surface area contributed by atoms with E-state index in [1.54, 1.807) is 0 Å². The number of carbonyl (C=O) groups excluding carboxylic acids is 1. The summed E-state index contributed by atoms with van der Waals surface area (Å²) in [5, 5.41) is 19.2. The van der Waals surface area contributed by atoms with Crippen molar-refractivity contribution in [2.24, 2.45) is 5.73 Å². The van der Waals surface area contributed by atoms with Gasteiger partial charge in [0, 0.05) is 6.54 Å². The molecule has 7 nitrogen and oxygen atoms in total. The first-order chi connectivity index (χ1) is 6.43. The van der Waals surface area contributed by atoms with E-state index in [0.717, 1.165) is 0 Å². The quantitative estimate of drug-likeness (QED) is 0.394. The molecule has 0 rings (SSSR count). The molecule has 0 saturated carbocycles. The third kappa shape index (κ3) is 5.95. The Balaban J connectivity index is 3.91. The molecule has 0 aliphatic carbocycles. The third-order valence-corrected chi connectivity index (χ3v) is 1.43. The summed E-state index contributed by atoms with van der Waals surface area (Å²) in [6.45, 7) is -0.0143. The third-order valence-electron chi connectivity index (χ3n) is 1.43. The monoisotopic (exact) mass is 204 g/mol. The minimum absolute atomic E-state index is 0.0143. The maximum absolute atomic E-state index is 10.5. The van der Waals surface area contributed by atoms with Crippen molar-refractivity contribution in [2.75, 3.05) is 6.54 Å². The van der Waals surface area contributed by atoms with E-state index in [2.05, 4.69) is 5.32 Å². The van der Waals surface area contributed by atoms with Crippen LogP contribution in [0.5, 0.6) is 0 Å². The summed E-state index contributed by atoms with van der Waals surface area (Å²) in [5.41, 5.74) is 4.80. The van der Waals surface area contributed by atoms with Crippen molar-refractivity contribution in [1.82, 2.24) is 5.32 Å². The minimum atomic E-state index is -1.23. The van der Waals surface area contributed by atoms with Crippen LogP contribution in [0.4, 0.5) is 0 Å². The normalized spacial score (nSPS) is 12.0. The number of hydrogen-bond acceptors (Lipinski definition) is 4. The Labute approximate surface area is 79.9 Å². The number of carbonyl (C=O) groups is 3. The highest BCUT2D eigenvalue weighted by atomic mass is 16.4. The maximum atomic E-state index is 10.5. The van der Waals surface area contributed by atoms with E-state index in [1.165, 1.54) is 0 Å². The number of amides is 1. The van der Waals surface area contributed by atoms with E-state index >= 15 is 0 Å². The SMILES string of the molecule is NC(=O)CC(NCCC(=O)O)C(=O)O. The predicted molar refractivity (Wildman–Crippen MR) is 45.5 cm³/mol. The molecule has 0 spiro atoms. The summed E-state index contributed by atoms with van der Waals surface area (Å²) in [6, 6.07) is -1.12. The molecule has 0 aromatic heterocycles. The average Bonchev–Trinajstić information content (AvgIpc) is 2.00. The van der Waals surface area contributed by atoms with Gasteiger partial charge in [0.05, 0.1) is 12.8 Å². The first-order valence-electron chi connectivity index (χ1n) is 3.89. The molecule has 1 unspecified atom stereocenters. The van der Waals surface area contributed by atoms with Crippen molar-refractivity contribution in [3.63, 3.8) is 0 Å². The molecule has 14 heavy (non-hydrogen) atoms. The topological polar surface area (TPSA) is 130 Å². The van der Waals surface area contributed by atoms with Crippen LogP contribution >= 0.6 is 0 Å². The fraction of sp³-hybridized carbons (Fsp3) is 0.571. The smallest absolute Gasteiger partial charge is 0.321 e. The van der Waals surface area contributed by atoms with Gasteiger partial charge in [0.1, 0.15) is 6.04 Å². The molecule has 0 aliphatic heterocycles. The van der Waals surface area contributed by atoms with Crippen LogP contribution in [-0.2, 0) is 14.4 Å². The van der Waals surface area contributed by atoms with Crippen molar-refractivity contribution in [2.45, 2.75) is 18.9 Å². The molecule has 0 fully saturated rings. The molecule has 5 N–H and O–H groups in total. The van der Waals surface area contributed by atoms with Gasteiger partial charge in [-0.3, -0.25) is 14.4 Å². The van der Waals surface area contributed by atoms with Crippen LogP contribution in [0.1, 0.15) is 12.8 Å². The van der Waals surface area contributed by atoms with Crippen LogP contribution in [0.3, 0.4) is 0 Å². The van der Waals surface area contributed by atoms with Crippen LogP contribution in [0.25, 0.3) is 0 Å². The number of hydrogen-bond donors (Lipinski definition) is 4. The maximum Gasteiger partial charge on any atom is 0.321 e. The highest BCUT2D eigenvalue weighted by Gasteiger charge is 2.18. The Kier molecular flexibility index (Phi) is 5.23. The fourth-order valence-corrected chi connectivity index (χ4v) is 0.801. The molecular weight excluding hydrogens is 192 g/mol. The lowest BCUT2D eigenvalue weighted by Crippen LogP contribution is -2.40. The molecule has 0 saturated heterocycles. The van der Waals surface area contributed by atoms with E-state index in [4.69, 9.17) is 15.9 Å². The van der Waals surface area contributed by atoms with Gasteiger partial charge in [0.15, 0.2) is 0 Å². The summed E-state index contributed by atoms with van der Waals surface area (Å²) < 4.78 is 0. The summed E-state index contributed by atoms with van der Waals surface area (Å²) >= 11 is 0. The largest absolute Gasteiger partial charge is 0.481 e. The number of nitrogens with one attached hydrogen (secondary N) is 1. The van der Waals surface area contributed by atoms with E-state index in [1.807, 2.05) is 0 Å². The lowest BCUT2D eigenvalue weighted by Gasteiger charge is -2.11. The van der Waals surface area contributed by atoms with E-state index in [0.29, 0.717) is 0 Å². The second kappa shape index (κ2) is 5.92. The van der Waals surface area contributed by atoms with Crippen LogP contribution < -0.4 is 11.1 Å². The highest BCUT2D eigenvalue weighted by Crippen LogP contribution is 1.91. The van der Waals surface area contributed by atoms with Crippen molar-refractivity contribution in [3.05, 3.63) is 0 Å². The van der Waals surface area contributed by atoms with Gasteiger partial charge in [0.2, 0.25) is 5.91 Å². The van der Waals surface area contributed by atoms with Crippen LogP contribution in [0.2, 0.25) is 0 Å². The molecule has 7 heteroatoms. The molecule has 80 valence electrons. The van der Waals surface area contributed by atoms with E-state index < -0.39 is 23.9 Å². The van der Waals surface area contributed by atoms with Gasteiger partial charge in [-0.1, -0.05) is 0 Å². The number of nitrogens with two attached hydrogens (primary N) is 1. The molecule has 0 bridgehead atoms. The molecular formula is C7H12N2O5. The number of carboxylic acids is 2. The Morgan fingerprint density at radius 2 is 1.86 bits per heavy atom. The molecule has 0 aliphatic rings. The molecule has 1 atom stereocenters. The lowest BCUT2D eigenvalue weighted by molar-refractivity contribution is -0.142. The lowest BCUT2D eigenvalue weighted by atomic mass is 10.2. The standard InChI is InChI=1S/C7H12N2O5/c8-5(10)3-4(7(13)14)9-2-1-6(11)12/h4,9H,1-3H2,(H2,8,10)(H,11,12)(H,13,14). The van der Waals surface area contributed by atoms with E-state index in [-0.39, 0.29) is 19.4 Å². The van der Waals surface area contributed by atoms with Gasteiger partial charge < -0.3 is 21.3 Å². The molecule has 0 aromatic rings. The Hall–Kier alpha value is -1.63. The minimum Gasteiger partial charge on any atom is -0.481 e. The number of rotatable bonds is 7. The van der Waals surface area contributed by atoms with Crippen molar-refractivity contribution in [1.29, 1.82) is 0 Å².